The molecule has 1 atom stereocenters. The van der Waals surface area contributed by atoms with Gasteiger partial charge in [-0.1, -0.05) is 13.8 Å². The predicted octanol–water partition coefficient (Wildman–Crippen LogP) is 2.36. The van der Waals surface area contributed by atoms with Gasteiger partial charge < -0.3 is 10.6 Å². The number of thiophene rings is 1. The zero-order valence-corrected chi connectivity index (χ0v) is 13.8. The third-order valence-corrected chi connectivity index (χ3v) is 4.83. The molecule has 118 valence electrons. The molecule has 0 saturated carbocycles. The Morgan fingerprint density at radius 2 is 2.41 bits per heavy atom. The minimum Gasteiger partial charge on any atom is -0.347 e. The van der Waals surface area contributed by atoms with Gasteiger partial charge in [0.15, 0.2) is 0 Å². The van der Waals surface area contributed by atoms with E-state index in [1.54, 1.807) is 0 Å². The van der Waals surface area contributed by atoms with Gasteiger partial charge in [0.05, 0.1) is 11.1 Å². The fraction of sp³-hybridized carbons (Fsp3) is 0.500. The number of carbonyl (C=O) groups excluding carboxylic acids is 1. The van der Waals surface area contributed by atoms with E-state index in [4.69, 9.17) is 0 Å². The molecular weight excluding hydrogens is 296 g/mol. The van der Waals surface area contributed by atoms with Crippen molar-refractivity contribution in [3.8, 4) is 10.4 Å². The summed E-state index contributed by atoms with van der Waals surface area (Å²) in [6, 6.07) is 4.16. The van der Waals surface area contributed by atoms with Crippen LogP contribution in [0.15, 0.2) is 24.5 Å². The first-order valence-electron chi connectivity index (χ1n) is 7.76. The first kappa shape index (κ1) is 15.2. The second-order valence-electron chi connectivity index (χ2n) is 6.17. The molecule has 2 aromatic rings. The molecule has 0 aliphatic carbocycles. The van der Waals surface area contributed by atoms with Crippen LogP contribution >= 0.6 is 11.3 Å². The Bertz CT molecular complexity index is 640. The molecule has 6 heteroatoms. The highest BCUT2D eigenvalue weighted by atomic mass is 32.1. The van der Waals surface area contributed by atoms with Crippen molar-refractivity contribution in [2.45, 2.75) is 32.9 Å². The van der Waals surface area contributed by atoms with E-state index in [2.05, 4.69) is 35.8 Å². The van der Waals surface area contributed by atoms with Crippen LogP contribution in [0, 0.1) is 5.92 Å². The molecular formula is C16H22N4OS. The normalized spacial score (nSPS) is 18.0. The number of hydrogen-bond donors (Lipinski definition) is 2. The summed E-state index contributed by atoms with van der Waals surface area (Å²) in [7, 11) is 0. The number of hydrogen-bond acceptors (Lipinski definition) is 4. The van der Waals surface area contributed by atoms with Crippen molar-refractivity contribution in [1.82, 2.24) is 20.4 Å². The van der Waals surface area contributed by atoms with Gasteiger partial charge in [-0.15, -0.1) is 11.3 Å². The Balaban J connectivity index is 1.67. The number of aromatic nitrogens is 2. The van der Waals surface area contributed by atoms with Crippen LogP contribution in [-0.2, 0) is 6.54 Å². The van der Waals surface area contributed by atoms with Gasteiger partial charge in [-0.3, -0.25) is 9.48 Å². The van der Waals surface area contributed by atoms with Gasteiger partial charge >= 0.3 is 0 Å². The van der Waals surface area contributed by atoms with Gasteiger partial charge in [0.25, 0.3) is 5.91 Å². The van der Waals surface area contributed by atoms with Crippen molar-refractivity contribution in [3.05, 3.63) is 29.4 Å². The van der Waals surface area contributed by atoms with E-state index in [0.29, 0.717) is 5.92 Å². The molecule has 1 amide bonds. The van der Waals surface area contributed by atoms with E-state index in [1.807, 2.05) is 23.0 Å². The summed E-state index contributed by atoms with van der Waals surface area (Å²) in [5, 5.41) is 10.7. The lowest BCUT2D eigenvalue weighted by atomic mass is 10.2. The fourth-order valence-electron chi connectivity index (χ4n) is 2.61. The van der Waals surface area contributed by atoms with Gasteiger partial charge in [-0.25, -0.2) is 0 Å². The summed E-state index contributed by atoms with van der Waals surface area (Å²) in [5.74, 6) is 0.594. The zero-order chi connectivity index (χ0) is 15.5. The SMILES string of the molecule is CC(C)Cn1cc(-c2ccc(C(=O)NC3CCNC3)s2)cn1. The van der Waals surface area contributed by atoms with E-state index >= 15 is 0 Å². The standard InChI is InChI=1S/C16H22N4OS/c1-11(2)9-20-10-12(7-18-20)14-3-4-15(22-14)16(21)19-13-5-6-17-8-13/h3-4,7,10-11,13,17H,5-6,8-9H2,1-2H3,(H,19,21). The molecule has 1 fully saturated rings. The Morgan fingerprint density at radius 3 is 3.14 bits per heavy atom. The van der Waals surface area contributed by atoms with Gasteiger partial charge in [-0.2, -0.15) is 5.10 Å². The maximum Gasteiger partial charge on any atom is 0.261 e. The maximum absolute atomic E-state index is 12.2. The lowest BCUT2D eigenvalue weighted by Crippen LogP contribution is -2.35. The molecule has 3 rings (SSSR count). The number of nitrogens with zero attached hydrogens (tertiary/aromatic N) is 2. The summed E-state index contributed by atoms with van der Waals surface area (Å²) in [6.07, 6.45) is 4.93. The average molecular weight is 318 g/mol. The smallest absolute Gasteiger partial charge is 0.261 e. The second-order valence-corrected chi connectivity index (χ2v) is 7.26. The molecule has 1 saturated heterocycles. The van der Waals surface area contributed by atoms with Crippen molar-refractivity contribution >= 4 is 17.2 Å². The van der Waals surface area contributed by atoms with Crippen molar-refractivity contribution in [2.24, 2.45) is 5.92 Å². The van der Waals surface area contributed by atoms with Crippen molar-refractivity contribution in [3.63, 3.8) is 0 Å². The Hall–Kier alpha value is -1.66. The molecule has 0 bridgehead atoms. The van der Waals surface area contributed by atoms with E-state index in [1.165, 1.54) is 11.3 Å². The molecule has 2 N–H and O–H groups in total. The first-order valence-corrected chi connectivity index (χ1v) is 8.57. The highest BCUT2D eigenvalue weighted by molar-refractivity contribution is 7.17. The van der Waals surface area contributed by atoms with Crippen molar-refractivity contribution < 1.29 is 4.79 Å². The lowest BCUT2D eigenvalue weighted by molar-refractivity contribution is 0.0944. The molecule has 0 aromatic carbocycles. The van der Waals surface area contributed by atoms with Crippen LogP contribution in [0.5, 0.6) is 0 Å². The third kappa shape index (κ3) is 3.56. The summed E-state index contributed by atoms with van der Waals surface area (Å²) in [4.78, 5) is 14.1. The third-order valence-electron chi connectivity index (χ3n) is 3.70. The van der Waals surface area contributed by atoms with Crippen molar-refractivity contribution in [2.75, 3.05) is 13.1 Å². The monoisotopic (exact) mass is 318 g/mol. The fourth-order valence-corrected chi connectivity index (χ4v) is 3.50. The summed E-state index contributed by atoms with van der Waals surface area (Å²) in [6.45, 7) is 7.11. The average Bonchev–Trinajstić information content (AvgIpc) is 3.18. The number of amides is 1. The van der Waals surface area contributed by atoms with Gasteiger partial charge in [0.1, 0.15) is 0 Å². The summed E-state index contributed by atoms with van der Waals surface area (Å²) in [5.41, 5.74) is 1.08. The number of carbonyl (C=O) groups is 1. The molecule has 1 unspecified atom stereocenters. The van der Waals surface area contributed by atoms with Gasteiger partial charge in [-0.05, 0) is 31.0 Å². The molecule has 22 heavy (non-hydrogen) atoms. The first-order chi connectivity index (χ1) is 10.6. The lowest BCUT2D eigenvalue weighted by Gasteiger charge is -2.09. The van der Waals surface area contributed by atoms with Gasteiger partial charge in [0, 0.05) is 35.8 Å². The van der Waals surface area contributed by atoms with E-state index in [9.17, 15) is 4.79 Å². The highest BCUT2D eigenvalue weighted by Gasteiger charge is 2.19. The molecule has 0 radical (unpaired) electrons. The molecule has 1 aliphatic heterocycles. The van der Waals surface area contributed by atoms with Crippen LogP contribution in [-0.4, -0.2) is 34.8 Å². The molecule has 0 spiro atoms. The van der Waals surface area contributed by atoms with Crippen LogP contribution in [0.3, 0.4) is 0 Å². The van der Waals surface area contributed by atoms with E-state index in [-0.39, 0.29) is 11.9 Å². The zero-order valence-electron chi connectivity index (χ0n) is 13.0. The molecule has 5 nitrogen and oxygen atoms in total. The van der Waals surface area contributed by atoms with Crippen LogP contribution in [0.25, 0.3) is 10.4 Å². The predicted molar refractivity (Wildman–Crippen MR) is 89.1 cm³/mol. The van der Waals surface area contributed by atoms with Crippen LogP contribution < -0.4 is 10.6 Å². The molecule has 2 aromatic heterocycles. The number of nitrogens with one attached hydrogen (secondary N) is 2. The van der Waals surface area contributed by atoms with Crippen molar-refractivity contribution in [1.29, 1.82) is 0 Å². The van der Waals surface area contributed by atoms with E-state index in [0.717, 1.165) is 41.4 Å². The van der Waals surface area contributed by atoms with Crippen LogP contribution in [0.1, 0.15) is 29.9 Å². The number of rotatable bonds is 5. The Labute approximate surface area is 134 Å². The molecule has 1 aliphatic rings. The quantitative estimate of drug-likeness (QED) is 0.890. The minimum absolute atomic E-state index is 0.0273. The Morgan fingerprint density at radius 1 is 1.55 bits per heavy atom. The van der Waals surface area contributed by atoms with Gasteiger partial charge in [0.2, 0.25) is 0 Å². The maximum atomic E-state index is 12.2. The molecule has 3 heterocycles. The van der Waals surface area contributed by atoms with Crippen LogP contribution in [0.4, 0.5) is 0 Å². The summed E-state index contributed by atoms with van der Waals surface area (Å²) >= 11 is 1.52. The summed E-state index contributed by atoms with van der Waals surface area (Å²) < 4.78 is 1.96. The highest BCUT2D eigenvalue weighted by Crippen LogP contribution is 2.28. The topological polar surface area (TPSA) is 59.0 Å². The Kier molecular flexibility index (Phi) is 4.59. The van der Waals surface area contributed by atoms with Crippen LogP contribution in [0.2, 0.25) is 0 Å². The van der Waals surface area contributed by atoms with E-state index < -0.39 is 0 Å². The largest absolute Gasteiger partial charge is 0.347 e. The second kappa shape index (κ2) is 6.62. The minimum atomic E-state index is 0.0273.